The van der Waals surface area contributed by atoms with E-state index in [2.05, 4.69) is 32.7 Å². The first-order chi connectivity index (χ1) is 8.02. The highest BCUT2D eigenvalue weighted by atomic mass is 16.1. The van der Waals surface area contributed by atoms with Crippen LogP contribution in [0.4, 0.5) is 0 Å². The first kappa shape index (κ1) is 16.2. The Labute approximate surface area is 107 Å². The first-order valence-electron chi connectivity index (χ1n) is 6.96. The highest BCUT2D eigenvalue weighted by Gasteiger charge is 2.17. The van der Waals surface area contributed by atoms with Crippen LogP contribution < -0.4 is 5.32 Å². The Kier molecular flexibility index (Phi) is 8.83. The van der Waals surface area contributed by atoms with Gasteiger partial charge < -0.3 is 5.32 Å². The Morgan fingerprint density at radius 3 is 2.18 bits per heavy atom. The third-order valence-corrected chi connectivity index (χ3v) is 3.05. The molecule has 2 nitrogen and oxygen atoms in total. The van der Waals surface area contributed by atoms with E-state index in [1.165, 1.54) is 51.0 Å². The van der Waals surface area contributed by atoms with Crippen molar-refractivity contribution in [2.45, 2.75) is 77.7 Å². The van der Waals surface area contributed by atoms with E-state index in [0.717, 1.165) is 6.42 Å². The molecule has 0 saturated heterocycles. The fourth-order valence-electron chi connectivity index (χ4n) is 1.97. The van der Waals surface area contributed by atoms with Gasteiger partial charge in [-0.15, -0.1) is 0 Å². The molecule has 0 spiro atoms. The zero-order valence-corrected chi connectivity index (χ0v) is 11.8. The van der Waals surface area contributed by atoms with Crippen LogP contribution in [-0.4, -0.2) is 11.4 Å². The van der Waals surface area contributed by atoms with Gasteiger partial charge in [0.2, 0.25) is 5.91 Å². The second-order valence-corrected chi connectivity index (χ2v) is 5.45. The molecule has 0 aliphatic carbocycles. The molecule has 0 aromatic carbocycles. The van der Waals surface area contributed by atoms with E-state index in [0.29, 0.717) is 0 Å². The van der Waals surface area contributed by atoms with Crippen LogP contribution in [0, 0.1) is 0 Å². The van der Waals surface area contributed by atoms with Crippen molar-refractivity contribution in [3.05, 3.63) is 12.7 Å². The molecule has 2 heteroatoms. The van der Waals surface area contributed by atoms with Gasteiger partial charge in [0.1, 0.15) is 0 Å². The molecular weight excluding hydrogens is 210 g/mol. The summed E-state index contributed by atoms with van der Waals surface area (Å²) >= 11 is 0. The van der Waals surface area contributed by atoms with Gasteiger partial charge >= 0.3 is 0 Å². The normalized spacial score (nSPS) is 11.2. The number of carbonyl (C=O) groups excluding carboxylic acids is 1. The van der Waals surface area contributed by atoms with E-state index in [4.69, 9.17) is 0 Å². The SMILES string of the molecule is C=CC(=O)NC(C)(C)CCCCCCCCC. The molecule has 0 rings (SSSR count). The lowest BCUT2D eigenvalue weighted by atomic mass is 9.96. The van der Waals surface area contributed by atoms with Crippen LogP contribution in [0.1, 0.15) is 72.1 Å². The number of amides is 1. The van der Waals surface area contributed by atoms with Gasteiger partial charge in [-0.3, -0.25) is 4.79 Å². The van der Waals surface area contributed by atoms with E-state index in [-0.39, 0.29) is 11.4 Å². The summed E-state index contributed by atoms with van der Waals surface area (Å²) in [5, 5.41) is 2.96. The molecule has 0 atom stereocenters. The van der Waals surface area contributed by atoms with Crippen molar-refractivity contribution in [2.75, 3.05) is 0 Å². The molecule has 0 aliphatic heterocycles. The predicted octanol–water partition coefficient (Wildman–Crippen LogP) is 4.21. The highest BCUT2D eigenvalue weighted by molar-refractivity contribution is 5.87. The summed E-state index contributed by atoms with van der Waals surface area (Å²) < 4.78 is 0. The zero-order valence-electron chi connectivity index (χ0n) is 11.8. The lowest BCUT2D eigenvalue weighted by molar-refractivity contribution is -0.118. The van der Waals surface area contributed by atoms with Gasteiger partial charge in [0, 0.05) is 5.54 Å². The zero-order chi connectivity index (χ0) is 13.1. The number of hydrogen-bond acceptors (Lipinski definition) is 1. The summed E-state index contributed by atoms with van der Waals surface area (Å²) in [6.45, 7) is 9.86. The third-order valence-electron chi connectivity index (χ3n) is 3.05. The fraction of sp³-hybridized carbons (Fsp3) is 0.800. The van der Waals surface area contributed by atoms with Gasteiger partial charge in [-0.2, -0.15) is 0 Å². The molecule has 1 amide bonds. The maximum Gasteiger partial charge on any atom is 0.243 e. The van der Waals surface area contributed by atoms with Crippen LogP contribution in [-0.2, 0) is 4.79 Å². The number of nitrogens with one attached hydrogen (secondary N) is 1. The van der Waals surface area contributed by atoms with Crippen LogP contribution in [0.15, 0.2) is 12.7 Å². The van der Waals surface area contributed by atoms with Gasteiger partial charge in [-0.25, -0.2) is 0 Å². The second kappa shape index (κ2) is 9.26. The Hall–Kier alpha value is -0.790. The summed E-state index contributed by atoms with van der Waals surface area (Å²) in [5.74, 6) is -0.0713. The molecule has 1 N–H and O–H groups in total. The Bertz CT molecular complexity index is 221. The van der Waals surface area contributed by atoms with Gasteiger partial charge in [0.05, 0.1) is 0 Å². The number of rotatable bonds is 10. The van der Waals surface area contributed by atoms with Crippen molar-refractivity contribution in [3.63, 3.8) is 0 Å². The van der Waals surface area contributed by atoms with Crippen LogP contribution in [0.25, 0.3) is 0 Å². The molecule has 0 radical (unpaired) electrons. The van der Waals surface area contributed by atoms with Crippen molar-refractivity contribution >= 4 is 5.91 Å². The topological polar surface area (TPSA) is 29.1 Å². The maximum atomic E-state index is 11.2. The number of hydrogen-bond donors (Lipinski definition) is 1. The molecule has 17 heavy (non-hydrogen) atoms. The summed E-state index contributed by atoms with van der Waals surface area (Å²) in [7, 11) is 0. The molecule has 0 aromatic rings. The fourth-order valence-corrected chi connectivity index (χ4v) is 1.97. The third kappa shape index (κ3) is 10.1. The van der Waals surface area contributed by atoms with Crippen LogP contribution >= 0.6 is 0 Å². The second-order valence-electron chi connectivity index (χ2n) is 5.45. The minimum atomic E-state index is -0.102. The highest BCUT2D eigenvalue weighted by Crippen LogP contribution is 2.15. The molecule has 0 aromatic heterocycles. The maximum absolute atomic E-state index is 11.2. The van der Waals surface area contributed by atoms with Gasteiger partial charge in [-0.1, -0.05) is 58.4 Å². The van der Waals surface area contributed by atoms with Crippen molar-refractivity contribution in [1.82, 2.24) is 5.32 Å². The van der Waals surface area contributed by atoms with Gasteiger partial charge in [-0.05, 0) is 26.3 Å². The lowest BCUT2D eigenvalue weighted by Gasteiger charge is -2.25. The van der Waals surface area contributed by atoms with E-state index in [1.54, 1.807) is 0 Å². The number of carbonyl (C=O) groups is 1. The van der Waals surface area contributed by atoms with Gasteiger partial charge in [0.25, 0.3) is 0 Å². The van der Waals surface area contributed by atoms with Crippen LogP contribution in [0.2, 0.25) is 0 Å². The van der Waals surface area contributed by atoms with Crippen molar-refractivity contribution in [1.29, 1.82) is 0 Å². The molecular formula is C15H29NO. The molecule has 0 saturated carbocycles. The van der Waals surface area contributed by atoms with E-state index >= 15 is 0 Å². The molecule has 100 valence electrons. The summed E-state index contributed by atoms with van der Waals surface area (Å²) in [6, 6.07) is 0. The molecule has 0 unspecified atom stereocenters. The molecule has 0 bridgehead atoms. The largest absolute Gasteiger partial charge is 0.348 e. The Morgan fingerprint density at radius 2 is 1.65 bits per heavy atom. The van der Waals surface area contributed by atoms with Crippen molar-refractivity contribution < 1.29 is 4.79 Å². The first-order valence-corrected chi connectivity index (χ1v) is 6.96. The van der Waals surface area contributed by atoms with E-state index in [1.807, 2.05) is 0 Å². The molecule has 0 heterocycles. The molecule has 0 aliphatic rings. The summed E-state index contributed by atoms with van der Waals surface area (Å²) in [4.78, 5) is 11.2. The monoisotopic (exact) mass is 239 g/mol. The van der Waals surface area contributed by atoms with Crippen LogP contribution in [0.3, 0.4) is 0 Å². The minimum Gasteiger partial charge on any atom is -0.348 e. The summed E-state index contributed by atoms with van der Waals surface area (Å²) in [5.41, 5.74) is -0.102. The minimum absolute atomic E-state index is 0.0713. The smallest absolute Gasteiger partial charge is 0.243 e. The quantitative estimate of drug-likeness (QED) is 0.449. The average molecular weight is 239 g/mol. The summed E-state index contributed by atoms with van der Waals surface area (Å²) in [6.07, 6.45) is 11.6. The van der Waals surface area contributed by atoms with Gasteiger partial charge in [0.15, 0.2) is 0 Å². The Morgan fingerprint density at radius 1 is 1.12 bits per heavy atom. The van der Waals surface area contributed by atoms with E-state index < -0.39 is 0 Å². The lowest BCUT2D eigenvalue weighted by Crippen LogP contribution is -2.42. The van der Waals surface area contributed by atoms with Crippen molar-refractivity contribution in [3.8, 4) is 0 Å². The van der Waals surface area contributed by atoms with E-state index in [9.17, 15) is 4.79 Å². The number of unbranched alkanes of at least 4 members (excludes halogenated alkanes) is 6. The standard InChI is InChI=1S/C15H29NO/c1-5-7-8-9-10-11-12-13-15(3,4)16-14(17)6-2/h6H,2,5,7-13H2,1,3-4H3,(H,16,17). The Balaban J connectivity index is 3.51. The molecule has 0 fully saturated rings. The average Bonchev–Trinajstić information content (AvgIpc) is 2.27. The van der Waals surface area contributed by atoms with Crippen LogP contribution in [0.5, 0.6) is 0 Å². The van der Waals surface area contributed by atoms with Crippen molar-refractivity contribution in [2.24, 2.45) is 0 Å². The predicted molar refractivity (Wildman–Crippen MR) is 75.0 cm³/mol.